The fourth-order valence-electron chi connectivity index (χ4n) is 1.90. The second kappa shape index (κ2) is 5.41. The van der Waals surface area contributed by atoms with Crippen molar-refractivity contribution >= 4 is 20.0 Å². The molecule has 0 unspecified atom stereocenters. The molecule has 0 heterocycles. The van der Waals surface area contributed by atoms with Gasteiger partial charge in [-0.25, -0.2) is 16.8 Å². The third-order valence-corrected chi connectivity index (χ3v) is 6.79. The number of hydrogen-bond donors (Lipinski definition) is 1. The quantitative estimate of drug-likeness (QED) is 0.796. The highest BCUT2D eigenvalue weighted by molar-refractivity contribution is 8.05. The van der Waals surface area contributed by atoms with Crippen LogP contribution in [0.2, 0.25) is 0 Å². The molecule has 1 saturated carbocycles. The maximum Gasteiger partial charge on any atom is 0.512 e. The van der Waals surface area contributed by atoms with Crippen LogP contribution in [0, 0.1) is 5.92 Å². The summed E-state index contributed by atoms with van der Waals surface area (Å²) in [6.07, 6.45) is 2.80. The van der Waals surface area contributed by atoms with E-state index in [9.17, 15) is 30.0 Å². The lowest BCUT2D eigenvalue weighted by atomic mass is 9.89. The van der Waals surface area contributed by atoms with E-state index in [2.05, 4.69) is 6.58 Å². The topological polar surface area (TPSA) is 80.3 Å². The van der Waals surface area contributed by atoms with Crippen LogP contribution >= 0.6 is 0 Å². The summed E-state index contributed by atoms with van der Waals surface area (Å²) in [5, 5.41) is -1.12. The number of allylic oxidation sites excluding steroid dienone is 1. The molecule has 0 saturated heterocycles. The van der Waals surface area contributed by atoms with E-state index in [1.807, 2.05) is 0 Å². The Labute approximate surface area is 110 Å². The highest BCUT2D eigenvalue weighted by atomic mass is 32.3. The smallest absolute Gasteiger partial charge is 0.211 e. The minimum Gasteiger partial charge on any atom is -0.211 e. The van der Waals surface area contributed by atoms with Crippen LogP contribution in [0.3, 0.4) is 0 Å². The summed E-state index contributed by atoms with van der Waals surface area (Å²) in [5.74, 6) is 0.116. The Morgan fingerprint density at radius 3 is 1.89 bits per heavy atom. The molecular weight excluding hydrogens is 307 g/mol. The second-order valence-electron chi connectivity index (χ2n) is 4.35. The molecule has 1 fully saturated rings. The molecule has 1 rings (SSSR count). The zero-order chi connectivity index (χ0) is 14.9. The molecule has 112 valence electrons. The molecule has 1 N–H and O–H groups in total. The normalized spacial score (nSPS) is 26.1. The van der Waals surface area contributed by atoms with Gasteiger partial charge in [-0.1, -0.05) is 6.08 Å². The number of alkyl halides is 3. The maximum absolute atomic E-state index is 12.1. The molecule has 0 aromatic heterocycles. The van der Waals surface area contributed by atoms with Gasteiger partial charge in [0.1, 0.15) is 0 Å². The maximum atomic E-state index is 12.1. The highest BCUT2D eigenvalue weighted by Crippen LogP contribution is 2.30. The summed E-state index contributed by atoms with van der Waals surface area (Å²) in [4.78, 5) is 0. The van der Waals surface area contributed by atoms with Gasteiger partial charge in [-0.15, -0.1) is 10.7 Å². The van der Waals surface area contributed by atoms with Crippen LogP contribution in [0.4, 0.5) is 13.2 Å². The zero-order valence-electron chi connectivity index (χ0n) is 9.85. The predicted molar refractivity (Wildman–Crippen MR) is 63.0 cm³/mol. The number of sulfonamides is 2. The van der Waals surface area contributed by atoms with Crippen molar-refractivity contribution in [1.82, 2.24) is 4.13 Å². The number of halogens is 3. The van der Waals surface area contributed by atoms with Gasteiger partial charge in [-0.3, -0.25) is 0 Å². The Balaban J connectivity index is 2.82. The average molecular weight is 321 g/mol. The van der Waals surface area contributed by atoms with Crippen molar-refractivity contribution in [2.75, 3.05) is 0 Å². The van der Waals surface area contributed by atoms with E-state index in [0.717, 1.165) is 4.13 Å². The SMILES string of the molecule is C=CC1CCC(S(=O)(=O)NS(=O)(=O)C(F)(F)F)CC1. The van der Waals surface area contributed by atoms with Crippen molar-refractivity contribution in [2.45, 2.75) is 36.4 Å². The first-order valence-electron chi connectivity index (χ1n) is 5.46. The van der Waals surface area contributed by atoms with Gasteiger partial charge in [0.25, 0.3) is 0 Å². The predicted octanol–water partition coefficient (Wildman–Crippen LogP) is 1.50. The van der Waals surface area contributed by atoms with E-state index in [1.165, 1.54) is 0 Å². The summed E-state index contributed by atoms with van der Waals surface area (Å²) >= 11 is 0. The van der Waals surface area contributed by atoms with E-state index in [1.54, 1.807) is 6.08 Å². The molecule has 5 nitrogen and oxygen atoms in total. The van der Waals surface area contributed by atoms with Gasteiger partial charge in [0.05, 0.1) is 5.25 Å². The second-order valence-corrected chi connectivity index (χ2v) is 8.24. The van der Waals surface area contributed by atoms with Gasteiger partial charge in [0.2, 0.25) is 10.0 Å². The van der Waals surface area contributed by atoms with E-state index in [4.69, 9.17) is 0 Å². The van der Waals surface area contributed by atoms with Crippen molar-refractivity contribution in [1.29, 1.82) is 0 Å². The van der Waals surface area contributed by atoms with E-state index >= 15 is 0 Å². The molecule has 0 aliphatic heterocycles. The summed E-state index contributed by atoms with van der Waals surface area (Å²) in [7, 11) is -10.4. The van der Waals surface area contributed by atoms with E-state index in [-0.39, 0.29) is 18.8 Å². The molecule has 19 heavy (non-hydrogen) atoms. The minimum absolute atomic E-state index is 0.111. The first-order valence-corrected chi connectivity index (χ1v) is 8.49. The largest absolute Gasteiger partial charge is 0.512 e. The van der Waals surface area contributed by atoms with Gasteiger partial charge in [0, 0.05) is 0 Å². The lowest BCUT2D eigenvalue weighted by molar-refractivity contribution is -0.0441. The highest BCUT2D eigenvalue weighted by Gasteiger charge is 2.49. The monoisotopic (exact) mass is 321 g/mol. The summed E-state index contributed by atoms with van der Waals surface area (Å²) in [5.41, 5.74) is -5.64. The standard InChI is InChI=1S/C9H14F3NO4S2/c1-2-7-3-5-8(6-4-7)18(14,15)13-19(16,17)9(10,11)12/h2,7-8,13H,1,3-6H2. The van der Waals surface area contributed by atoms with Gasteiger partial charge in [0.15, 0.2) is 0 Å². The Morgan fingerprint density at radius 1 is 1.05 bits per heavy atom. The van der Waals surface area contributed by atoms with Crippen molar-refractivity contribution < 1.29 is 30.0 Å². The van der Waals surface area contributed by atoms with Crippen molar-refractivity contribution in [3.8, 4) is 0 Å². The van der Waals surface area contributed by atoms with E-state index in [0.29, 0.717) is 12.8 Å². The fraction of sp³-hybridized carbons (Fsp3) is 0.778. The van der Waals surface area contributed by atoms with Crippen LogP contribution < -0.4 is 4.13 Å². The molecule has 1 aliphatic rings. The van der Waals surface area contributed by atoms with Crippen LogP contribution in [0.25, 0.3) is 0 Å². The molecule has 0 aromatic rings. The number of hydrogen-bond acceptors (Lipinski definition) is 4. The summed E-state index contributed by atoms with van der Waals surface area (Å²) in [6.45, 7) is 3.55. The molecule has 0 atom stereocenters. The van der Waals surface area contributed by atoms with Crippen molar-refractivity contribution in [2.24, 2.45) is 5.92 Å². The molecular formula is C9H14F3NO4S2. The molecule has 0 aromatic carbocycles. The zero-order valence-corrected chi connectivity index (χ0v) is 11.5. The van der Waals surface area contributed by atoms with Crippen LogP contribution in [0.1, 0.15) is 25.7 Å². The van der Waals surface area contributed by atoms with Crippen LogP contribution in [0.5, 0.6) is 0 Å². The van der Waals surface area contributed by atoms with Crippen molar-refractivity contribution in [3.05, 3.63) is 12.7 Å². The Bertz CT molecular complexity index is 530. The van der Waals surface area contributed by atoms with Crippen LogP contribution in [-0.4, -0.2) is 27.6 Å². The molecule has 0 radical (unpaired) electrons. The van der Waals surface area contributed by atoms with Gasteiger partial charge in [-0.05, 0) is 31.6 Å². The summed E-state index contributed by atoms with van der Waals surface area (Å²) < 4.78 is 82.0. The number of nitrogens with one attached hydrogen (secondary N) is 1. The first-order chi connectivity index (χ1) is 8.49. The van der Waals surface area contributed by atoms with Crippen LogP contribution in [-0.2, 0) is 20.0 Å². The van der Waals surface area contributed by atoms with Gasteiger partial charge >= 0.3 is 15.5 Å². The fourth-order valence-corrected chi connectivity index (χ4v) is 4.94. The Kier molecular flexibility index (Phi) is 4.68. The minimum atomic E-state index is -5.88. The first kappa shape index (κ1) is 16.4. The molecule has 0 amide bonds. The third kappa shape index (κ3) is 3.93. The lowest BCUT2D eigenvalue weighted by Gasteiger charge is -2.26. The lowest BCUT2D eigenvalue weighted by Crippen LogP contribution is -2.45. The van der Waals surface area contributed by atoms with E-state index < -0.39 is 30.8 Å². The van der Waals surface area contributed by atoms with Gasteiger partial charge in [-0.2, -0.15) is 13.2 Å². The molecule has 10 heteroatoms. The Morgan fingerprint density at radius 2 is 1.53 bits per heavy atom. The molecule has 0 bridgehead atoms. The third-order valence-electron chi connectivity index (χ3n) is 3.02. The Hall–Kier alpha value is -0.610. The van der Waals surface area contributed by atoms with Crippen LogP contribution in [0.15, 0.2) is 12.7 Å². The average Bonchev–Trinajstić information content (AvgIpc) is 2.26. The van der Waals surface area contributed by atoms with Crippen molar-refractivity contribution in [3.63, 3.8) is 0 Å². The van der Waals surface area contributed by atoms with Gasteiger partial charge < -0.3 is 0 Å². The number of rotatable bonds is 4. The molecule has 0 spiro atoms. The summed E-state index contributed by atoms with van der Waals surface area (Å²) in [6, 6.07) is 0. The molecule has 1 aliphatic carbocycles.